The first kappa shape index (κ1) is 21.8. The second-order valence-corrected chi connectivity index (χ2v) is 7.44. The van der Waals surface area contributed by atoms with Gasteiger partial charge in [0.2, 0.25) is 0 Å². The largest absolute Gasteiger partial charge is 0.508 e. The lowest BCUT2D eigenvalue weighted by Gasteiger charge is -2.39. The molecule has 7 heteroatoms. The number of hydrogen-bond acceptors (Lipinski definition) is 5. The van der Waals surface area contributed by atoms with Crippen molar-refractivity contribution in [3.63, 3.8) is 0 Å². The maximum absolute atomic E-state index is 12.6. The second kappa shape index (κ2) is 10.2. The van der Waals surface area contributed by atoms with Gasteiger partial charge in [0.1, 0.15) is 5.75 Å². The summed E-state index contributed by atoms with van der Waals surface area (Å²) >= 11 is 0. The van der Waals surface area contributed by atoms with E-state index in [1.807, 2.05) is 18.2 Å². The third-order valence-electron chi connectivity index (χ3n) is 5.55. The Balaban J connectivity index is 1.75. The molecule has 3 rings (SSSR count). The number of hydrogen-bond donors (Lipinski definition) is 4. The van der Waals surface area contributed by atoms with E-state index in [1.165, 1.54) is 0 Å². The molecule has 1 aliphatic rings. The van der Waals surface area contributed by atoms with E-state index in [0.29, 0.717) is 5.56 Å². The number of carboxylic acid groups (broad SMARTS) is 1. The van der Waals surface area contributed by atoms with Crippen LogP contribution in [0, 0.1) is 0 Å². The number of rotatable bonds is 9. The van der Waals surface area contributed by atoms with Gasteiger partial charge in [-0.3, -0.25) is 9.59 Å². The fraction of sp³-hybridized carbons (Fsp3) is 0.391. The number of benzene rings is 2. The zero-order valence-electron chi connectivity index (χ0n) is 16.9. The lowest BCUT2D eigenvalue weighted by molar-refractivity contribution is -0.138. The lowest BCUT2D eigenvalue weighted by Crippen LogP contribution is -2.41. The highest BCUT2D eigenvalue weighted by atomic mass is 16.5. The maximum Gasteiger partial charge on any atom is 0.305 e. The summed E-state index contributed by atoms with van der Waals surface area (Å²) < 4.78 is 5.20. The Morgan fingerprint density at radius 3 is 2.50 bits per heavy atom. The monoisotopic (exact) mass is 412 g/mol. The Labute approximate surface area is 176 Å². The van der Waals surface area contributed by atoms with Crippen LogP contribution in [0.1, 0.15) is 40.7 Å². The molecule has 1 amide bonds. The van der Waals surface area contributed by atoms with Gasteiger partial charge in [0, 0.05) is 23.1 Å². The summed E-state index contributed by atoms with van der Waals surface area (Å²) in [6.45, 7) is 2.30. The van der Waals surface area contributed by atoms with Crippen LogP contribution in [0.15, 0.2) is 48.5 Å². The van der Waals surface area contributed by atoms with Gasteiger partial charge in [-0.1, -0.05) is 30.3 Å². The van der Waals surface area contributed by atoms with E-state index in [4.69, 9.17) is 9.84 Å². The molecule has 0 radical (unpaired) electrons. The van der Waals surface area contributed by atoms with E-state index in [1.54, 1.807) is 18.2 Å². The molecule has 1 heterocycles. The normalized spacial score (nSPS) is 15.5. The third-order valence-corrected chi connectivity index (χ3v) is 5.55. The third kappa shape index (κ3) is 5.17. The topological polar surface area (TPSA) is 108 Å². The number of carbonyl (C=O) groups excluding carboxylic acids is 1. The predicted octanol–water partition coefficient (Wildman–Crippen LogP) is 2.28. The Bertz CT molecular complexity index is 863. The number of amides is 1. The number of carboxylic acids is 1. The summed E-state index contributed by atoms with van der Waals surface area (Å²) in [6, 6.07) is 15.1. The first-order valence-electron chi connectivity index (χ1n) is 10.2. The molecule has 1 aliphatic heterocycles. The van der Waals surface area contributed by atoms with Crippen LogP contribution in [0.3, 0.4) is 0 Å². The molecule has 1 fully saturated rings. The first-order chi connectivity index (χ1) is 14.5. The Morgan fingerprint density at radius 1 is 1.07 bits per heavy atom. The van der Waals surface area contributed by atoms with Crippen LogP contribution in [0.5, 0.6) is 5.75 Å². The minimum Gasteiger partial charge on any atom is -0.508 e. The van der Waals surface area contributed by atoms with Crippen molar-refractivity contribution in [2.45, 2.75) is 24.7 Å². The molecule has 2 aromatic rings. The van der Waals surface area contributed by atoms with E-state index in [9.17, 15) is 14.7 Å². The van der Waals surface area contributed by atoms with Gasteiger partial charge in [-0.2, -0.15) is 0 Å². The van der Waals surface area contributed by atoms with Crippen LogP contribution in [-0.2, 0) is 14.9 Å². The lowest BCUT2D eigenvalue weighted by atomic mass is 9.68. The summed E-state index contributed by atoms with van der Waals surface area (Å²) in [5.41, 5.74) is 2.02. The maximum atomic E-state index is 12.6. The smallest absolute Gasteiger partial charge is 0.305 e. The molecular weight excluding hydrogens is 384 g/mol. The van der Waals surface area contributed by atoms with Crippen molar-refractivity contribution in [3.05, 3.63) is 65.2 Å². The van der Waals surface area contributed by atoms with Gasteiger partial charge in [-0.05, 0) is 49.7 Å². The van der Waals surface area contributed by atoms with Crippen LogP contribution in [0.2, 0.25) is 0 Å². The predicted molar refractivity (Wildman–Crippen MR) is 113 cm³/mol. The summed E-state index contributed by atoms with van der Waals surface area (Å²) in [4.78, 5) is 23.1. The van der Waals surface area contributed by atoms with E-state index in [-0.39, 0.29) is 43.3 Å². The molecule has 4 N–H and O–H groups in total. The number of phenolic OH excluding ortho intramolecular Hbond substituents is 1. The van der Waals surface area contributed by atoms with Crippen molar-refractivity contribution in [2.24, 2.45) is 0 Å². The number of piperidine rings is 1. The Kier molecular flexibility index (Phi) is 7.43. The van der Waals surface area contributed by atoms with Crippen LogP contribution in [0.25, 0.3) is 0 Å². The molecule has 0 spiro atoms. The molecule has 2 aromatic carbocycles. The standard InChI is InChI=1S/C23H28N2O5/c26-20-7-6-17(22(29)25-13-15-30-14-8-21(27)28)16-19(20)23(9-11-24-12-10-23)18-4-2-1-3-5-18/h1-7,16,24,26H,8-15H2,(H,25,29)(H,27,28). The minimum absolute atomic E-state index is 0.0638. The zero-order valence-corrected chi connectivity index (χ0v) is 16.9. The van der Waals surface area contributed by atoms with Crippen molar-refractivity contribution in [2.75, 3.05) is 32.8 Å². The summed E-state index contributed by atoms with van der Waals surface area (Å²) in [6.07, 6.45) is 1.59. The van der Waals surface area contributed by atoms with Crippen LogP contribution >= 0.6 is 0 Å². The summed E-state index contributed by atoms with van der Waals surface area (Å²) in [5, 5.41) is 25.4. The summed E-state index contributed by atoms with van der Waals surface area (Å²) in [5.74, 6) is -0.981. The van der Waals surface area contributed by atoms with Gasteiger partial charge < -0.3 is 25.6 Å². The highest BCUT2D eigenvalue weighted by Gasteiger charge is 2.38. The molecule has 1 saturated heterocycles. The van der Waals surface area contributed by atoms with Crippen molar-refractivity contribution < 1.29 is 24.5 Å². The van der Waals surface area contributed by atoms with Crippen molar-refractivity contribution in [1.29, 1.82) is 0 Å². The van der Waals surface area contributed by atoms with Crippen LogP contribution < -0.4 is 10.6 Å². The summed E-state index contributed by atoms with van der Waals surface area (Å²) in [7, 11) is 0. The zero-order chi connectivity index (χ0) is 21.4. The highest BCUT2D eigenvalue weighted by Crippen LogP contribution is 2.44. The van der Waals surface area contributed by atoms with Gasteiger partial charge in [0.25, 0.3) is 5.91 Å². The molecule has 160 valence electrons. The minimum atomic E-state index is -0.916. The van der Waals surface area contributed by atoms with Crippen LogP contribution in [0.4, 0.5) is 0 Å². The quantitative estimate of drug-likeness (QED) is 0.471. The molecule has 0 aromatic heterocycles. The second-order valence-electron chi connectivity index (χ2n) is 7.44. The van der Waals surface area contributed by atoms with Gasteiger partial charge in [-0.15, -0.1) is 0 Å². The fourth-order valence-corrected chi connectivity index (χ4v) is 3.99. The van der Waals surface area contributed by atoms with Crippen molar-refractivity contribution >= 4 is 11.9 Å². The molecular formula is C23H28N2O5. The molecule has 0 saturated carbocycles. The molecule has 0 unspecified atom stereocenters. The number of ether oxygens (including phenoxy) is 1. The number of nitrogens with one attached hydrogen (secondary N) is 2. The van der Waals surface area contributed by atoms with E-state index < -0.39 is 5.97 Å². The van der Waals surface area contributed by atoms with Gasteiger partial charge in [-0.25, -0.2) is 0 Å². The number of carbonyl (C=O) groups is 2. The average molecular weight is 412 g/mol. The van der Waals surface area contributed by atoms with E-state index in [0.717, 1.165) is 37.1 Å². The molecule has 30 heavy (non-hydrogen) atoms. The molecule has 0 atom stereocenters. The van der Waals surface area contributed by atoms with Gasteiger partial charge in [0.05, 0.1) is 19.6 Å². The number of aromatic hydroxyl groups is 1. The fourth-order valence-electron chi connectivity index (χ4n) is 3.99. The average Bonchev–Trinajstić information content (AvgIpc) is 2.77. The molecule has 0 bridgehead atoms. The van der Waals surface area contributed by atoms with Crippen molar-refractivity contribution in [3.8, 4) is 5.75 Å². The SMILES string of the molecule is O=C(O)CCOCCNC(=O)c1ccc(O)c(C2(c3ccccc3)CCNCC2)c1. The van der Waals surface area contributed by atoms with Crippen molar-refractivity contribution in [1.82, 2.24) is 10.6 Å². The molecule has 0 aliphatic carbocycles. The highest BCUT2D eigenvalue weighted by molar-refractivity contribution is 5.94. The number of phenols is 1. The number of aliphatic carboxylic acids is 1. The first-order valence-corrected chi connectivity index (χ1v) is 10.2. The van der Waals surface area contributed by atoms with Gasteiger partial charge >= 0.3 is 5.97 Å². The van der Waals surface area contributed by atoms with Gasteiger partial charge in [0.15, 0.2) is 0 Å². The van der Waals surface area contributed by atoms with E-state index >= 15 is 0 Å². The molecule has 7 nitrogen and oxygen atoms in total. The Hall–Kier alpha value is -2.90. The van der Waals surface area contributed by atoms with Crippen LogP contribution in [-0.4, -0.2) is 54.9 Å². The Morgan fingerprint density at radius 2 is 1.80 bits per heavy atom. The van der Waals surface area contributed by atoms with E-state index in [2.05, 4.69) is 22.8 Å².